The van der Waals surface area contributed by atoms with Crippen molar-refractivity contribution < 1.29 is 31.5 Å². The monoisotopic (exact) mass is 380 g/mol. The van der Waals surface area contributed by atoms with Crippen molar-refractivity contribution in [2.24, 2.45) is 0 Å². The van der Waals surface area contributed by atoms with Gasteiger partial charge in [-0.2, -0.15) is 22.0 Å². The Balaban J connectivity index is 3.42. The predicted molar refractivity (Wildman–Crippen MR) is 60.8 cm³/mol. The minimum atomic E-state index is -4.83. The van der Waals surface area contributed by atoms with Gasteiger partial charge in [0, 0.05) is 9.13 Å². The number of rotatable bonds is 3. The van der Waals surface area contributed by atoms with Gasteiger partial charge in [-0.15, -0.1) is 0 Å². The van der Waals surface area contributed by atoms with E-state index in [1.165, 1.54) is 22.6 Å². The second-order valence-electron chi connectivity index (χ2n) is 3.26. The number of Topliss-reactive ketones (excluding diaryl/α,β-unsaturated/α-hetero) is 1. The minimum Gasteiger partial charge on any atom is -0.434 e. The summed E-state index contributed by atoms with van der Waals surface area (Å²) in [5.41, 5.74) is -1.43. The molecule has 1 rings (SSSR count). The van der Waals surface area contributed by atoms with Crippen LogP contribution in [0.3, 0.4) is 0 Å². The van der Waals surface area contributed by atoms with Crippen molar-refractivity contribution in [3.63, 3.8) is 0 Å². The molecule has 0 radical (unpaired) electrons. The van der Waals surface area contributed by atoms with Gasteiger partial charge in [-0.1, -0.05) is 0 Å². The van der Waals surface area contributed by atoms with Crippen molar-refractivity contribution in [1.29, 1.82) is 0 Å². The van der Waals surface area contributed by atoms with Crippen molar-refractivity contribution in [3.05, 3.63) is 26.8 Å². The molecule has 0 unspecified atom stereocenters. The average Bonchev–Trinajstić information content (AvgIpc) is 2.17. The maximum atomic E-state index is 12.6. The molecule has 0 spiro atoms. The number of ether oxygens (including phenoxy) is 1. The van der Waals surface area contributed by atoms with Gasteiger partial charge in [0.1, 0.15) is 5.75 Å². The Labute approximate surface area is 112 Å². The van der Waals surface area contributed by atoms with Gasteiger partial charge >= 0.3 is 12.8 Å². The van der Waals surface area contributed by atoms with Gasteiger partial charge in [0.2, 0.25) is 0 Å². The summed E-state index contributed by atoms with van der Waals surface area (Å²) in [5.74, 6) is -1.59. The van der Waals surface area contributed by atoms with Crippen LogP contribution in [-0.4, -0.2) is 12.4 Å². The van der Waals surface area contributed by atoms with Crippen LogP contribution in [-0.2, 0) is 6.18 Å². The predicted octanol–water partition coefficient (Wildman–Crippen LogP) is 4.11. The first-order valence-corrected chi connectivity index (χ1v) is 5.57. The highest BCUT2D eigenvalue weighted by atomic mass is 127. The first-order chi connectivity index (χ1) is 8.12. The van der Waals surface area contributed by atoms with E-state index in [1.807, 2.05) is 0 Å². The molecule has 0 fully saturated rings. The van der Waals surface area contributed by atoms with E-state index in [4.69, 9.17) is 0 Å². The zero-order chi connectivity index (χ0) is 14.1. The highest BCUT2D eigenvalue weighted by Crippen LogP contribution is 2.39. The number of carbonyl (C=O) groups is 1. The molecule has 100 valence electrons. The summed E-state index contributed by atoms with van der Waals surface area (Å²) in [6.45, 7) is -2.28. The summed E-state index contributed by atoms with van der Waals surface area (Å²) < 4.78 is 65.7. The molecule has 0 heterocycles. The summed E-state index contributed by atoms with van der Waals surface area (Å²) in [7, 11) is 0. The molecule has 0 aromatic heterocycles. The number of benzene rings is 1. The first kappa shape index (κ1) is 15.1. The molecule has 8 heteroatoms. The summed E-state index contributed by atoms with van der Waals surface area (Å²) in [6.07, 6.45) is -4.83. The summed E-state index contributed by atoms with van der Waals surface area (Å²) in [4.78, 5) is 11.1. The van der Waals surface area contributed by atoms with Crippen molar-refractivity contribution in [1.82, 2.24) is 0 Å². The quantitative estimate of drug-likeness (QED) is 0.448. The lowest BCUT2D eigenvalue weighted by atomic mass is 10.1. The number of hydrogen-bond donors (Lipinski definition) is 0. The molecule has 18 heavy (non-hydrogen) atoms. The fourth-order valence-corrected chi connectivity index (χ4v) is 2.09. The van der Waals surface area contributed by atoms with E-state index >= 15 is 0 Å². The molecule has 0 saturated carbocycles. The average molecular weight is 380 g/mol. The molecular formula is C10H6F5IO2. The van der Waals surface area contributed by atoms with Gasteiger partial charge in [-0.3, -0.25) is 4.79 Å². The van der Waals surface area contributed by atoms with Crippen LogP contribution in [0, 0.1) is 3.57 Å². The normalized spacial score (nSPS) is 11.8. The lowest BCUT2D eigenvalue weighted by Crippen LogP contribution is -2.13. The Morgan fingerprint density at radius 3 is 2.28 bits per heavy atom. The van der Waals surface area contributed by atoms with Crippen molar-refractivity contribution in [2.75, 3.05) is 0 Å². The fourth-order valence-electron chi connectivity index (χ4n) is 1.24. The molecule has 0 aliphatic rings. The number of halogens is 6. The third-order valence-corrected chi connectivity index (χ3v) is 2.86. The van der Waals surface area contributed by atoms with Gasteiger partial charge in [0.15, 0.2) is 5.78 Å². The van der Waals surface area contributed by atoms with Gasteiger partial charge in [-0.25, -0.2) is 0 Å². The fraction of sp³-hybridized carbons (Fsp3) is 0.300. The Kier molecular flexibility index (Phi) is 4.51. The van der Waals surface area contributed by atoms with Crippen LogP contribution in [0.15, 0.2) is 12.1 Å². The van der Waals surface area contributed by atoms with E-state index in [1.54, 1.807) is 0 Å². The zero-order valence-corrected chi connectivity index (χ0v) is 11.0. The molecule has 0 bridgehead atoms. The zero-order valence-electron chi connectivity index (χ0n) is 8.82. The second kappa shape index (κ2) is 5.37. The maximum Gasteiger partial charge on any atom is 0.420 e. The van der Waals surface area contributed by atoms with Crippen LogP contribution in [0.2, 0.25) is 0 Å². The number of carbonyl (C=O) groups excluding carboxylic acids is 1. The molecule has 2 nitrogen and oxygen atoms in total. The number of alkyl halides is 5. The van der Waals surface area contributed by atoms with Crippen LogP contribution in [0.25, 0.3) is 0 Å². The standard InChI is InChI=1S/C10H6F5IO2/c1-4(17)5-2-8(18-9(11)12)6(3-7(5)16)10(13,14)15/h2-3,9H,1H3. The highest BCUT2D eigenvalue weighted by molar-refractivity contribution is 14.1. The Morgan fingerprint density at radius 2 is 1.89 bits per heavy atom. The van der Waals surface area contributed by atoms with Crippen LogP contribution in [0.5, 0.6) is 5.75 Å². The number of ketones is 1. The highest BCUT2D eigenvalue weighted by Gasteiger charge is 2.36. The van der Waals surface area contributed by atoms with Crippen LogP contribution >= 0.6 is 22.6 Å². The Bertz CT molecular complexity index is 470. The third-order valence-electron chi connectivity index (χ3n) is 1.97. The molecule has 0 N–H and O–H groups in total. The second-order valence-corrected chi connectivity index (χ2v) is 4.42. The van der Waals surface area contributed by atoms with E-state index in [9.17, 15) is 26.7 Å². The van der Waals surface area contributed by atoms with Crippen LogP contribution in [0.4, 0.5) is 22.0 Å². The number of hydrogen-bond acceptors (Lipinski definition) is 2. The van der Waals surface area contributed by atoms with Gasteiger partial charge in [0.25, 0.3) is 0 Å². The van der Waals surface area contributed by atoms with Gasteiger partial charge in [-0.05, 0) is 41.6 Å². The third kappa shape index (κ3) is 3.53. The van der Waals surface area contributed by atoms with E-state index in [2.05, 4.69) is 4.74 Å². The van der Waals surface area contributed by atoms with E-state index in [0.29, 0.717) is 12.1 Å². The van der Waals surface area contributed by atoms with E-state index in [0.717, 1.165) is 6.92 Å². The Morgan fingerprint density at radius 1 is 1.33 bits per heavy atom. The molecule has 0 atom stereocenters. The Hall–Kier alpha value is -0.930. The molecule has 0 saturated heterocycles. The first-order valence-electron chi connectivity index (χ1n) is 4.49. The topological polar surface area (TPSA) is 26.3 Å². The van der Waals surface area contributed by atoms with Gasteiger partial charge in [0.05, 0.1) is 5.56 Å². The lowest BCUT2D eigenvalue weighted by Gasteiger charge is -2.15. The molecule has 1 aromatic rings. The SMILES string of the molecule is CC(=O)c1cc(OC(F)F)c(C(F)(F)F)cc1I. The summed E-state index contributed by atoms with van der Waals surface area (Å²) in [5, 5.41) is 0. The molecule has 0 aliphatic heterocycles. The van der Waals surface area contributed by atoms with Crippen LogP contribution in [0.1, 0.15) is 22.8 Å². The van der Waals surface area contributed by atoms with Crippen molar-refractivity contribution >= 4 is 28.4 Å². The maximum absolute atomic E-state index is 12.6. The molecule has 1 aromatic carbocycles. The molecule has 0 amide bonds. The van der Waals surface area contributed by atoms with Crippen molar-refractivity contribution in [2.45, 2.75) is 19.7 Å². The largest absolute Gasteiger partial charge is 0.434 e. The molecule has 0 aliphatic carbocycles. The summed E-state index contributed by atoms with van der Waals surface area (Å²) >= 11 is 1.53. The minimum absolute atomic E-state index is 0.0223. The van der Waals surface area contributed by atoms with Crippen molar-refractivity contribution in [3.8, 4) is 5.75 Å². The van der Waals surface area contributed by atoms with E-state index in [-0.39, 0.29) is 9.13 Å². The molecular weight excluding hydrogens is 374 g/mol. The van der Waals surface area contributed by atoms with Crippen LogP contribution < -0.4 is 4.74 Å². The smallest absolute Gasteiger partial charge is 0.420 e. The van der Waals surface area contributed by atoms with Gasteiger partial charge < -0.3 is 4.74 Å². The lowest BCUT2D eigenvalue weighted by molar-refractivity contribution is -0.141. The van der Waals surface area contributed by atoms with E-state index < -0.39 is 29.9 Å². The summed E-state index contributed by atoms with van der Waals surface area (Å²) in [6, 6.07) is 1.29.